The van der Waals surface area contributed by atoms with Crippen LogP contribution in [0, 0.1) is 11.8 Å². The Morgan fingerprint density at radius 3 is 2.21 bits per heavy atom. The maximum atomic E-state index is 13.4. The van der Waals surface area contributed by atoms with E-state index >= 15 is 0 Å². The molecule has 1 aromatic carbocycles. The summed E-state index contributed by atoms with van der Waals surface area (Å²) in [6.07, 6.45) is 3.56. The fourth-order valence-electron chi connectivity index (χ4n) is 4.14. The molecule has 1 fully saturated rings. The van der Waals surface area contributed by atoms with Gasteiger partial charge in [-0.1, -0.05) is 6.92 Å². The number of carbonyl (C=O) groups is 3. The largest absolute Gasteiger partial charge is 0.511 e. The van der Waals surface area contributed by atoms with Gasteiger partial charge in [0, 0.05) is 31.6 Å². The predicted octanol–water partition coefficient (Wildman–Crippen LogP) is 4.20. The molecular weight excluding hydrogens is 424 g/mol. The molecule has 0 atom stereocenters. The van der Waals surface area contributed by atoms with E-state index < -0.39 is 6.16 Å². The maximum Gasteiger partial charge on any atom is 0.511 e. The molecule has 9 heteroatoms. The molecule has 1 aliphatic rings. The Morgan fingerprint density at radius 1 is 1.09 bits per heavy atom. The first kappa shape index (κ1) is 24.3. The van der Waals surface area contributed by atoms with E-state index in [0.29, 0.717) is 17.2 Å². The van der Waals surface area contributed by atoms with Crippen LogP contribution < -0.4 is 9.64 Å². The van der Waals surface area contributed by atoms with Gasteiger partial charge in [0.1, 0.15) is 0 Å². The molecule has 0 spiro atoms. The Kier molecular flexibility index (Phi) is 7.40. The van der Waals surface area contributed by atoms with E-state index in [-0.39, 0.29) is 35.3 Å². The minimum atomic E-state index is -1.48. The van der Waals surface area contributed by atoms with E-state index in [2.05, 4.69) is 12.0 Å². The molecular formula is C24H32N4O5. The van der Waals surface area contributed by atoms with Gasteiger partial charge in [-0.25, -0.2) is 9.48 Å². The molecule has 0 saturated heterocycles. The van der Waals surface area contributed by atoms with Crippen LogP contribution in [-0.2, 0) is 4.79 Å². The van der Waals surface area contributed by atoms with E-state index in [0.717, 1.165) is 25.7 Å². The van der Waals surface area contributed by atoms with Crippen molar-refractivity contribution in [3.8, 4) is 11.4 Å². The van der Waals surface area contributed by atoms with Gasteiger partial charge < -0.3 is 14.7 Å². The third kappa shape index (κ3) is 5.53. The van der Waals surface area contributed by atoms with Crippen molar-refractivity contribution in [2.75, 3.05) is 19.0 Å². The van der Waals surface area contributed by atoms with Crippen molar-refractivity contribution in [2.45, 2.75) is 52.5 Å². The van der Waals surface area contributed by atoms with Gasteiger partial charge in [0.2, 0.25) is 11.7 Å². The smallest absolute Gasteiger partial charge is 0.449 e. The predicted molar refractivity (Wildman–Crippen MR) is 124 cm³/mol. The third-order valence-corrected chi connectivity index (χ3v) is 5.99. The van der Waals surface area contributed by atoms with Crippen LogP contribution in [0.15, 0.2) is 30.5 Å². The molecule has 2 aromatic rings. The van der Waals surface area contributed by atoms with E-state index in [1.165, 1.54) is 15.8 Å². The number of hydrogen-bond donors (Lipinski definition) is 1. The van der Waals surface area contributed by atoms with Gasteiger partial charge in [0.15, 0.2) is 5.75 Å². The minimum Gasteiger partial charge on any atom is -0.449 e. The van der Waals surface area contributed by atoms with Crippen molar-refractivity contribution < 1.29 is 24.2 Å². The number of hydrogen-bond acceptors (Lipinski definition) is 5. The summed E-state index contributed by atoms with van der Waals surface area (Å²) in [4.78, 5) is 40.0. The van der Waals surface area contributed by atoms with Gasteiger partial charge in [-0.3, -0.25) is 14.5 Å². The highest BCUT2D eigenvalue weighted by atomic mass is 16.7. The average molecular weight is 457 g/mol. The minimum absolute atomic E-state index is 0.0119. The summed E-state index contributed by atoms with van der Waals surface area (Å²) < 4.78 is 6.47. The molecule has 9 nitrogen and oxygen atoms in total. The fraction of sp³-hybridized carbons (Fsp3) is 0.500. The Bertz CT molecular complexity index is 1000. The summed E-state index contributed by atoms with van der Waals surface area (Å²) in [6, 6.07) is 6.53. The number of rotatable bonds is 6. The lowest BCUT2D eigenvalue weighted by Crippen LogP contribution is -2.42. The topological polar surface area (TPSA) is 105 Å². The molecule has 3 rings (SSSR count). The highest BCUT2D eigenvalue weighted by Gasteiger charge is 2.34. The second-order valence-electron chi connectivity index (χ2n) is 9.13. The van der Waals surface area contributed by atoms with Crippen molar-refractivity contribution in [1.82, 2.24) is 14.7 Å². The molecule has 0 bridgehead atoms. The van der Waals surface area contributed by atoms with Crippen molar-refractivity contribution in [2.24, 2.45) is 11.8 Å². The summed E-state index contributed by atoms with van der Waals surface area (Å²) in [6.45, 7) is 5.93. The molecule has 0 aliphatic heterocycles. The van der Waals surface area contributed by atoms with Crippen LogP contribution in [0.2, 0.25) is 0 Å². The van der Waals surface area contributed by atoms with Crippen LogP contribution in [0.3, 0.4) is 0 Å². The summed E-state index contributed by atoms with van der Waals surface area (Å²) >= 11 is 0. The van der Waals surface area contributed by atoms with Crippen LogP contribution in [0.4, 0.5) is 10.6 Å². The zero-order valence-electron chi connectivity index (χ0n) is 19.8. The number of carbonyl (C=O) groups excluding carboxylic acids is 2. The van der Waals surface area contributed by atoms with Crippen molar-refractivity contribution in [3.63, 3.8) is 0 Å². The number of ether oxygens (including phenoxy) is 1. The molecule has 2 amide bonds. The van der Waals surface area contributed by atoms with Gasteiger partial charge in [-0.2, -0.15) is 0 Å². The maximum absolute atomic E-state index is 13.4. The van der Waals surface area contributed by atoms with Crippen LogP contribution in [-0.4, -0.2) is 57.9 Å². The van der Waals surface area contributed by atoms with E-state index in [9.17, 15) is 19.5 Å². The quantitative estimate of drug-likeness (QED) is 0.653. The lowest BCUT2D eigenvalue weighted by molar-refractivity contribution is -0.124. The molecule has 1 saturated carbocycles. The molecule has 33 heavy (non-hydrogen) atoms. The Labute approximate surface area is 193 Å². The van der Waals surface area contributed by atoms with Crippen molar-refractivity contribution in [1.29, 1.82) is 0 Å². The second kappa shape index (κ2) is 10.1. The first-order chi connectivity index (χ1) is 15.6. The first-order valence-electron chi connectivity index (χ1n) is 11.2. The standard InChI is InChI=1S/C24H32N4O5/c1-15(2)28(23(30)18-8-6-16(3)7-9-18)21-20(33-24(31)32)14-27(25-21)19-12-10-17(11-13-19)22(29)26(4)5/h10-16,18H,6-9H2,1-5H3,(H,31,32). The SMILES string of the molecule is CC1CCC(C(=O)N(c2nn(-c3ccc(C(=O)N(C)C)cc3)cc2OC(=O)O)C(C)C)CC1. The molecule has 178 valence electrons. The van der Waals surface area contributed by atoms with Crippen LogP contribution >= 0.6 is 0 Å². The van der Waals surface area contributed by atoms with Gasteiger partial charge in [0.05, 0.1) is 11.9 Å². The average Bonchev–Trinajstić information content (AvgIpc) is 3.16. The third-order valence-electron chi connectivity index (χ3n) is 5.99. The molecule has 0 unspecified atom stereocenters. The molecule has 1 heterocycles. The van der Waals surface area contributed by atoms with Crippen LogP contribution in [0.5, 0.6) is 5.75 Å². The monoisotopic (exact) mass is 456 g/mol. The lowest BCUT2D eigenvalue weighted by atomic mass is 9.82. The summed E-state index contributed by atoms with van der Waals surface area (Å²) in [5.74, 6) is 0.448. The Balaban J connectivity index is 1.97. The summed E-state index contributed by atoms with van der Waals surface area (Å²) in [5, 5.41) is 13.8. The molecule has 1 aliphatic carbocycles. The van der Waals surface area contributed by atoms with E-state index in [1.807, 2.05) is 13.8 Å². The number of anilines is 1. The van der Waals surface area contributed by atoms with Gasteiger partial charge in [-0.05, 0) is 69.7 Å². The second-order valence-corrected chi connectivity index (χ2v) is 9.13. The van der Waals surface area contributed by atoms with E-state index in [4.69, 9.17) is 4.74 Å². The highest BCUT2D eigenvalue weighted by molar-refractivity contribution is 5.96. The summed E-state index contributed by atoms with van der Waals surface area (Å²) in [7, 11) is 3.35. The molecule has 1 N–H and O–H groups in total. The first-order valence-corrected chi connectivity index (χ1v) is 11.2. The highest BCUT2D eigenvalue weighted by Crippen LogP contribution is 2.35. The van der Waals surface area contributed by atoms with Crippen molar-refractivity contribution >= 4 is 23.8 Å². The Morgan fingerprint density at radius 2 is 1.70 bits per heavy atom. The molecule has 0 radical (unpaired) electrons. The van der Waals surface area contributed by atoms with E-state index in [1.54, 1.807) is 43.3 Å². The number of benzene rings is 1. The van der Waals surface area contributed by atoms with Gasteiger partial charge in [0.25, 0.3) is 5.91 Å². The normalized spacial score (nSPS) is 18.1. The zero-order chi connectivity index (χ0) is 24.3. The van der Waals surface area contributed by atoms with Gasteiger partial charge >= 0.3 is 6.16 Å². The van der Waals surface area contributed by atoms with Crippen LogP contribution in [0.25, 0.3) is 5.69 Å². The zero-order valence-corrected chi connectivity index (χ0v) is 19.8. The number of carboxylic acid groups (broad SMARTS) is 1. The molecule has 1 aromatic heterocycles. The number of amides is 2. The lowest BCUT2D eigenvalue weighted by Gasteiger charge is -2.32. The van der Waals surface area contributed by atoms with Crippen molar-refractivity contribution in [3.05, 3.63) is 36.0 Å². The Hall–Kier alpha value is -3.36. The van der Waals surface area contributed by atoms with Gasteiger partial charge in [-0.15, -0.1) is 5.10 Å². The fourth-order valence-corrected chi connectivity index (χ4v) is 4.14. The summed E-state index contributed by atoms with van der Waals surface area (Å²) in [5.41, 5.74) is 1.12. The number of aromatic nitrogens is 2. The van der Waals surface area contributed by atoms with Crippen LogP contribution in [0.1, 0.15) is 56.8 Å². The number of nitrogens with zero attached hydrogens (tertiary/aromatic N) is 4.